The molecule has 0 spiro atoms. The Morgan fingerprint density at radius 2 is 1.71 bits per heavy atom. The summed E-state index contributed by atoms with van der Waals surface area (Å²) in [6.07, 6.45) is 2.03. The zero-order chi connectivity index (χ0) is 13.0. The van der Waals surface area contributed by atoms with E-state index in [0.717, 1.165) is 0 Å². The third kappa shape index (κ3) is 1.81. The Morgan fingerprint density at radius 3 is 2.12 bits per heavy atom. The molecule has 2 heterocycles. The quantitative estimate of drug-likeness (QED) is 0.795. The molecule has 0 aliphatic rings. The Morgan fingerprint density at radius 1 is 1.06 bits per heavy atom. The number of nitrogens with one attached hydrogen (secondary N) is 2. The van der Waals surface area contributed by atoms with E-state index in [9.17, 15) is 0 Å². The summed E-state index contributed by atoms with van der Waals surface area (Å²) in [6, 6.07) is 6.67. The zero-order valence-electron chi connectivity index (χ0n) is 11.7. The fourth-order valence-corrected chi connectivity index (χ4v) is 10.2. The molecule has 2 aromatic rings. The van der Waals surface area contributed by atoms with Crippen LogP contribution in [0.25, 0.3) is 0 Å². The van der Waals surface area contributed by atoms with Gasteiger partial charge >= 0.3 is 103 Å². The van der Waals surface area contributed by atoms with Crippen LogP contribution in [-0.2, 0) is 12.4 Å². The van der Waals surface area contributed by atoms with Crippen molar-refractivity contribution in [3.05, 3.63) is 35.8 Å². The first-order valence-electron chi connectivity index (χ1n) is 5.59. The van der Waals surface area contributed by atoms with Crippen LogP contribution in [0.5, 0.6) is 0 Å². The summed E-state index contributed by atoms with van der Waals surface area (Å²) in [5, 5.41) is 0. The number of rotatable bonds is 2. The van der Waals surface area contributed by atoms with Crippen molar-refractivity contribution in [2.24, 2.45) is 0 Å². The summed E-state index contributed by atoms with van der Waals surface area (Å²) in [4.78, 5) is 6.91. The van der Waals surface area contributed by atoms with E-state index in [1.165, 1.54) is 19.8 Å². The maximum atomic E-state index is 3.46. The molecular weight excluding hydrogens is 297 g/mol. The average Bonchev–Trinajstić information content (AvgIpc) is 2.72. The van der Waals surface area contributed by atoms with Gasteiger partial charge in [-0.2, -0.15) is 0 Å². The zero-order valence-corrected chi connectivity index (χ0v) is 13.4. The third-order valence-corrected chi connectivity index (χ3v) is 13.2. The molecule has 0 amide bonds. The first kappa shape index (κ1) is 12.6. The molecular formula is C14H24N2Ru. The van der Waals surface area contributed by atoms with Gasteiger partial charge in [-0.05, 0) is 0 Å². The van der Waals surface area contributed by atoms with E-state index in [-0.39, 0.29) is 0 Å². The van der Waals surface area contributed by atoms with Crippen molar-refractivity contribution in [3.8, 4) is 0 Å². The molecule has 2 nitrogen and oxygen atoms in total. The number of aromatic nitrogens is 2. The molecule has 0 aromatic carbocycles. The van der Waals surface area contributed by atoms with E-state index in [1.54, 1.807) is 0 Å². The number of aromatic amines is 2. The molecule has 2 rings (SSSR count). The predicted molar refractivity (Wildman–Crippen MR) is 73.8 cm³/mol. The fraction of sp³-hybridized carbons (Fsp3) is 0.429. The van der Waals surface area contributed by atoms with Crippen LogP contribution in [0.3, 0.4) is 0 Å². The van der Waals surface area contributed by atoms with Crippen LogP contribution in [-0.4, -0.2) is 9.97 Å². The van der Waals surface area contributed by atoms with Gasteiger partial charge < -0.3 is 0 Å². The predicted octanol–water partition coefficient (Wildman–Crippen LogP) is 3.33. The van der Waals surface area contributed by atoms with E-state index in [4.69, 9.17) is 0 Å². The molecule has 3 heteroatoms. The summed E-state index contributed by atoms with van der Waals surface area (Å²) in [7, 11) is 0. The first-order chi connectivity index (χ1) is 7.54. The van der Waals surface area contributed by atoms with Crippen LogP contribution in [0.2, 0.25) is 22.1 Å². The van der Waals surface area contributed by atoms with Crippen LogP contribution >= 0.6 is 0 Å². The Labute approximate surface area is 103 Å². The van der Waals surface area contributed by atoms with E-state index in [2.05, 4.69) is 64.1 Å². The molecule has 0 aliphatic heterocycles. The molecule has 2 aromatic heterocycles. The van der Waals surface area contributed by atoms with Gasteiger partial charge in [0.2, 0.25) is 0 Å². The summed E-state index contributed by atoms with van der Waals surface area (Å²) in [5.74, 6) is 0. The van der Waals surface area contributed by atoms with Gasteiger partial charge in [-0.3, -0.25) is 0 Å². The Hall–Kier alpha value is -0.817. The topological polar surface area (TPSA) is 31.6 Å². The molecule has 0 radical (unpaired) electrons. The number of aryl methyl sites for hydroxylation is 2. The molecule has 0 saturated heterocycles. The van der Waals surface area contributed by atoms with Crippen LogP contribution in [0.1, 0.15) is 11.4 Å². The number of hydrogen-bond acceptors (Lipinski definition) is 0. The average molecular weight is 321 g/mol. The molecule has 0 saturated carbocycles. The van der Waals surface area contributed by atoms with Crippen molar-refractivity contribution in [1.82, 2.24) is 9.97 Å². The van der Waals surface area contributed by atoms with Gasteiger partial charge in [0.05, 0.1) is 0 Å². The molecule has 2 N–H and O–H groups in total. The summed E-state index contributed by atoms with van der Waals surface area (Å²) < 4.78 is 2.90. The normalized spacial score (nSPS) is 16.6. The van der Waals surface area contributed by atoms with E-state index in [1.807, 2.05) is 6.20 Å². The van der Waals surface area contributed by atoms with Crippen LogP contribution in [0.15, 0.2) is 24.4 Å². The molecule has 0 bridgehead atoms. The molecule has 0 atom stereocenters. The van der Waals surface area contributed by atoms with E-state index >= 15 is 0 Å². The van der Waals surface area contributed by atoms with Gasteiger partial charge in [0.15, 0.2) is 0 Å². The van der Waals surface area contributed by atoms with Crippen molar-refractivity contribution in [3.63, 3.8) is 0 Å². The van der Waals surface area contributed by atoms with Crippen LogP contribution in [0, 0.1) is 13.8 Å². The third-order valence-electron chi connectivity index (χ3n) is 3.34. The number of hydrogen-bond donors (Lipinski definition) is 2. The van der Waals surface area contributed by atoms with Gasteiger partial charge in [0, 0.05) is 0 Å². The summed E-state index contributed by atoms with van der Waals surface area (Å²) in [6.45, 7) is 4.32. The van der Waals surface area contributed by atoms with Crippen LogP contribution < -0.4 is 8.45 Å². The second-order valence-electron chi connectivity index (χ2n) is 6.54. The SMILES string of the molecule is Cc1c[c]([Ru]([CH3])([CH3])([CH3])([CH3])[c]2ccc[nH]2)c(C)[nH]1. The first-order valence-corrected chi connectivity index (χ1v) is 14.3. The molecule has 0 aliphatic carbocycles. The van der Waals surface area contributed by atoms with Crippen molar-refractivity contribution in [2.75, 3.05) is 0 Å². The standard InChI is InChI=1S/C6H8N.C4H4N.4CH3.Ru/c1-5-3-4-6(2)7-5;1-2-4-5-3-1;;;;;/h3,7H,1-2H3;1-3,5H;4*1H3;. The fourth-order valence-electron chi connectivity index (χ4n) is 2.41. The minimum absolute atomic E-state index is 1.25. The van der Waals surface area contributed by atoms with Gasteiger partial charge in [-0.25, -0.2) is 0 Å². The maximum absolute atomic E-state index is 3.46. The molecule has 98 valence electrons. The Bertz CT molecular complexity index is 552. The number of H-pyrrole nitrogens is 2. The Balaban J connectivity index is 2.81. The Kier molecular flexibility index (Phi) is 2.19. The van der Waals surface area contributed by atoms with Gasteiger partial charge in [-0.1, -0.05) is 0 Å². The second-order valence-corrected chi connectivity index (χ2v) is 26.2. The second kappa shape index (κ2) is 2.95. The minimum atomic E-state index is -3.20. The molecule has 17 heavy (non-hydrogen) atoms. The summed E-state index contributed by atoms with van der Waals surface area (Å²) in [5.41, 5.74) is 12.4. The van der Waals surface area contributed by atoms with Crippen LogP contribution in [0.4, 0.5) is 0 Å². The molecule has 0 fully saturated rings. The van der Waals surface area contributed by atoms with Crippen molar-refractivity contribution < 1.29 is 12.4 Å². The van der Waals surface area contributed by atoms with Crippen molar-refractivity contribution in [2.45, 2.75) is 35.9 Å². The van der Waals surface area contributed by atoms with Gasteiger partial charge in [0.1, 0.15) is 0 Å². The van der Waals surface area contributed by atoms with E-state index in [0.29, 0.717) is 0 Å². The van der Waals surface area contributed by atoms with Crippen molar-refractivity contribution in [1.29, 1.82) is 0 Å². The van der Waals surface area contributed by atoms with E-state index < -0.39 is 12.4 Å². The summed E-state index contributed by atoms with van der Waals surface area (Å²) >= 11 is -3.20. The van der Waals surface area contributed by atoms with Gasteiger partial charge in [0.25, 0.3) is 0 Å². The van der Waals surface area contributed by atoms with Gasteiger partial charge in [-0.15, -0.1) is 0 Å². The van der Waals surface area contributed by atoms with Crippen molar-refractivity contribution >= 4 is 8.45 Å². The molecule has 0 unspecified atom stereocenters. The monoisotopic (exact) mass is 322 g/mol.